The first-order valence-corrected chi connectivity index (χ1v) is 9.16. The molecule has 2 aromatic carbocycles. The van der Waals surface area contributed by atoms with Gasteiger partial charge in [0.05, 0.1) is 6.42 Å². The molecule has 7 nitrogen and oxygen atoms in total. The lowest BCUT2D eigenvalue weighted by molar-refractivity contribution is -0.139. The first kappa shape index (κ1) is 21.9. The minimum atomic E-state index is -1.11. The Hall–Kier alpha value is -3.42. The van der Waals surface area contributed by atoms with E-state index in [-0.39, 0.29) is 24.8 Å². The molecular weight excluding hydrogens is 379 g/mol. The SMILES string of the molecule is CCC[C@@H](NC(=O)OCc1ccc(NC(=O)Cc2ccc(F)cc2)cc1)C(=O)O. The van der Waals surface area contributed by atoms with E-state index in [0.29, 0.717) is 29.7 Å². The van der Waals surface area contributed by atoms with Gasteiger partial charge in [-0.25, -0.2) is 14.0 Å². The van der Waals surface area contributed by atoms with E-state index in [1.54, 1.807) is 36.4 Å². The molecule has 0 radical (unpaired) electrons. The number of halogens is 1. The summed E-state index contributed by atoms with van der Waals surface area (Å²) in [4.78, 5) is 34.8. The maximum atomic E-state index is 12.9. The molecule has 0 unspecified atom stereocenters. The van der Waals surface area contributed by atoms with Crippen LogP contribution in [0.4, 0.5) is 14.9 Å². The monoisotopic (exact) mass is 402 g/mol. The second kappa shape index (κ2) is 10.8. The quantitative estimate of drug-likeness (QED) is 0.596. The van der Waals surface area contributed by atoms with Gasteiger partial charge in [0.1, 0.15) is 18.5 Å². The van der Waals surface area contributed by atoms with Crippen molar-refractivity contribution in [2.45, 2.75) is 38.8 Å². The zero-order valence-electron chi connectivity index (χ0n) is 16.0. The Morgan fingerprint density at radius 1 is 1.03 bits per heavy atom. The maximum Gasteiger partial charge on any atom is 0.408 e. The average Bonchev–Trinajstić information content (AvgIpc) is 2.69. The van der Waals surface area contributed by atoms with Gasteiger partial charge in [-0.2, -0.15) is 0 Å². The number of carbonyl (C=O) groups is 3. The number of aliphatic carboxylic acids is 1. The highest BCUT2D eigenvalue weighted by Crippen LogP contribution is 2.12. The smallest absolute Gasteiger partial charge is 0.408 e. The zero-order valence-corrected chi connectivity index (χ0v) is 16.0. The minimum Gasteiger partial charge on any atom is -0.480 e. The van der Waals surface area contributed by atoms with Gasteiger partial charge < -0.3 is 20.5 Å². The highest BCUT2D eigenvalue weighted by molar-refractivity contribution is 5.92. The van der Waals surface area contributed by atoms with E-state index in [4.69, 9.17) is 9.84 Å². The summed E-state index contributed by atoms with van der Waals surface area (Å²) in [6, 6.07) is 11.4. The number of nitrogens with one attached hydrogen (secondary N) is 2. The predicted octanol–water partition coefficient (Wildman–Crippen LogP) is 3.49. The molecule has 0 heterocycles. The van der Waals surface area contributed by atoms with Crippen LogP contribution in [-0.4, -0.2) is 29.1 Å². The van der Waals surface area contributed by atoms with Crippen molar-refractivity contribution >= 4 is 23.7 Å². The number of ether oxygens (including phenoxy) is 1. The summed E-state index contributed by atoms with van der Waals surface area (Å²) < 4.78 is 17.9. The molecule has 0 fully saturated rings. The summed E-state index contributed by atoms with van der Waals surface area (Å²) in [5, 5.41) is 14.1. The second-order valence-corrected chi connectivity index (χ2v) is 6.45. The van der Waals surface area contributed by atoms with Gasteiger partial charge in [-0.05, 0) is 41.8 Å². The lowest BCUT2D eigenvalue weighted by Crippen LogP contribution is -2.40. The summed E-state index contributed by atoms with van der Waals surface area (Å²) in [6.07, 6.45) is 0.249. The summed E-state index contributed by atoms with van der Waals surface area (Å²) in [5.41, 5.74) is 1.95. The van der Waals surface area contributed by atoms with Gasteiger partial charge >= 0.3 is 12.1 Å². The summed E-state index contributed by atoms with van der Waals surface area (Å²) in [6.45, 7) is 1.79. The first-order valence-electron chi connectivity index (χ1n) is 9.16. The van der Waals surface area contributed by atoms with Crippen molar-refractivity contribution < 1.29 is 28.6 Å². The molecule has 0 aliphatic carbocycles. The molecular formula is C21H23FN2O5. The van der Waals surface area contributed by atoms with E-state index in [1.807, 2.05) is 6.92 Å². The van der Waals surface area contributed by atoms with Crippen LogP contribution in [0.3, 0.4) is 0 Å². The first-order chi connectivity index (χ1) is 13.9. The van der Waals surface area contributed by atoms with Crippen molar-refractivity contribution in [3.05, 3.63) is 65.5 Å². The Morgan fingerprint density at radius 2 is 1.66 bits per heavy atom. The predicted molar refractivity (Wildman–Crippen MR) is 105 cm³/mol. The largest absolute Gasteiger partial charge is 0.480 e. The number of alkyl carbamates (subject to hydrolysis) is 1. The van der Waals surface area contributed by atoms with Crippen LogP contribution >= 0.6 is 0 Å². The van der Waals surface area contributed by atoms with E-state index < -0.39 is 18.1 Å². The molecule has 8 heteroatoms. The van der Waals surface area contributed by atoms with Crippen LogP contribution in [-0.2, 0) is 27.4 Å². The van der Waals surface area contributed by atoms with Crippen molar-refractivity contribution in [1.29, 1.82) is 0 Å². The van der Waals surface area contributed by atoms with Gasteiger partial charge in [-0.1, -0.05) is 37.6 Å². The van der Waals surface area contributed by atoms with Gasteiger partial charge in [0, 0.05) is 5.69 Å². The van der Waals surface area contributed by atoms with Crippen molar-refractivity contribution in [3.8, 4) is 0 Å². The number of carboxylic acid groups (broad SMARTS) is 1. The van der Waals surface area contributed by atoms with Crippen molar-refractivity contribution in [1.82, 2.24) is 5.32 Å². The number of rotatable bonds is 9. The van der Waals surface area contributed by atoms with E-state index in [1.165, 1.54) is 12.1 Å². The third kappa shape index (κ3) is 7.61. The highest BCUT2D eigenvalue weighted by Gasteiger charge is 2.19. The van der Waals surface area contributed by atoms with Gasteiger partial charge in [-0.15, -0.1) is 0 Å². The molecule has 1 atom stereocenters. The van der Waals surface area contributed by atoms with Crippen LogP contribution in [0.1, 0.15) is 30.9 Å². The van der Waals surface area contributed by atoms with Gasteiger partial charge in [0.25, 0.3) is 0 Å². The summed E-state index contributed by atoms with van der Waals surface area (Å²) >= 11 is 0. The van der Waals surface area contributed by atoms with Crippen molar-refractivity contribution in [2.75, 3.05) is 5.32 Å². The van der Waals surface area contributed by atoms with Crippen LogP contribution in [0, 0.1) is 5.82 Å². The lowest BCUT2D eigenvalue weighted by Gasteiger charge is -2.13. The van der Waals surface area contributed by atoms with Crippen LogP contribution in [0.15, 0.2) is 48.5 Å². The Balaban J connectivity index is 1.80. The number of hydrogen-bond acceptors (Lipinski definition) is 4. The van der Waals surface area contributed by atoms with Crippen molar-refractivity contribution in [3.63, 3.8) is 0 Å². The number of carbonyl (C=O) groups excluding carboxylic acids is 2. The molecule has 0 aliphatic heterocycles. The lowest BCUT2D eigenvalue weighted by atomic mass is 10.1. The number of benzene rings is 2. The van der Waals surface area contributed by atoms with E-state index in [2.05, 4.69) is 10.6 Å². The molecule has 0 saturated carbocycles. The van der Waals surface area contributed by atoms with E-state index >= 15 is 0 Å². The molecule has 0 spiro atoms. The van der Waals surface area contributed by atoms with Crippen molar-refractivity contribution in [2.24, 2.45) is 0 Å². The summed E-state index contributed by atoms with van der Waals surface area (Å²) in [7, 11) is 0. The summed E-state index contributed by atoms with van der Waals surface area (Å²) in [5.74, 6) is -1.70. The molecule has 2 aromatic rings. The zero-order chi connectivity index (χ0) is 21.2. The van der Waals surface area contributed by atoms with Gasteiger partial charge in [0.2, 0.25) is 5.91 Å². The van der Waals surface area contributed by atoms with Crippen LogP contribution in [0.2, 0.25) is 0 Å². The molecule has 0 aliphatic rings. The molecule has 0 bridgehead atoms. The Kier molecular flexibility index (Phi) is 8.14. The second-order valence-electron chi connectivity index (χ2n) is 6.45. The minimum absolute atomic E-state index is 0.0336. The Morgan fingerprint density at radius 3 is 2.24 bits per heavy atom. The van der Waals surface area contributed by atoms with Gasteiger partial charge in [0.15, 0.2) is 0 Å². The fourth-order valence-corrected chi connectivity index (χ4v) is 2.56. The maximum absolute atomic E-state index is 12.9. The van der Waals surface area contributed by atoms with E-state index in [0.717, 1.165) is 0 Å². The Bertz CT molecular complexity index is 837. The highest BCUT2D eigenvalue weighted by atomic mass is 19.1. The fourth-order valence-electron chi connectivity index (χ4n) is 2.56. The number of amides is 2. The number of anilines is 1. The van der Waals surface area contributed by atoms with E-state index in [9.17, 15) is 18.8 Å². The number of carboxylic acids is 1. The third-order valence-electron chi connectivity index (χ3n) is 4.05. The number of hydrogen-bond donors (Lipinski definition) is 3. The molecule has 154 valence electrons. The molecule has 0 saturated heterocycles. The fraction of sp³-hybridized carbons (Fsp3) is 0.286. The third-order valence-corrected chi connectivity index (χ3v) is 4.05. The molecule has 3 N–H and O–H groups in total. The Labute approximate surface area is 167 Å². The van der Waals surface area contributed by atoms with Crippen LogP contribution < -0.4 is 10.6 Å². The topological polar surface area (TPSA) is 105 Å². The average molecular weight is 402 g/mol. The van der Waals surface area contributed by atoms with Crippen LogP contribution in [0.5, 0.6) is 0 Å². The van der Waals surface area contributed by atoms with Gasteiger partial charge in [-0.3, -0.25) is 4.79 Å². The normalized spacial score (nSPS) is 11.4. The molecule has 0 aromatic heterocycles. The molecule has 2 rings (SSSR count). The molecule has 29 heavy (non-hydrogen) atoms. The van der Waals surface area contributed by atoms with Crippen LogP contribution in [0.25, 0.3) is 0 Å². The standard InChI is InChI=1S/C21H23FN2O5/c1-2-3-18(20(26)27)24-21(28)29-13-15-6-10-17(11-7-15)23-19(25)12-14-4-8-16(22)9-5-14/h4-11,18H,2-3,12-13H2,1H3,(H,23,25)(H,24,28)(H,26,27)/t18-/m1/s1. The molecule has 2 amide bonds.